The molecule has 102 valence electrons. The molecule has 2 heteroatoms. The van der Waals surface area contributed by atoms with Crippen molar-refractivity contribution in [3.8, 4) is 0 Å². The molecule has 0 atom stereocenters. The van der Waals surface area contributed by atoms with Crippen LogP contribution in [0.5, 0.6) is 0 Å². The maximum Gasteiger partial charge on any atom is 0.105 e. The Kier molecular flexibility index (Phi) is 5.94. The lowest BCUT2D eigenvalue weighted by atomic mass is 10.0. The molecular formula is C15H33N2+. The first-order valence-electron chi connectivity index (χ1n) is 7.53. The number of nitrogens with one attached hydrogen (secondary N) is 1. The number of nitrogens with zero attached hydrogens (tertiary/aromatic N) is 1. The molecule has 1 N–H and O–H groups in total. The summed E-state index contributed by atoms with van der Waals surface area (Å²) in [6.07, 6.45) is 4.13. The van der Waals surface area contributed by atoms with E-state index in [0.717, 1.165) is 5.92 Å². The van der Waals surface area contributed by atoms with Gasteiger partial charge < -0.3 is 4.90 Å². The van der Waals surface area contributed by atoms with Gasteiger partial charge in [0.1, 0.15) is 5.54 Å². The van der Waals surface area contributed by atoms with Gasteiger partial charge in [-0.3, -0.25) is 4.90 Å². The summed E-state index contributed by atoms with van der Waals surface area (Å²) in [6.45, 7) is 18.4. The predicted octanol–water partition coefficient (Wildman–Crippen LogP) is 1.81. The van der Waals surface area contributed by atoms with Crippen molar-refractivity contribution in [3.63, 3.8) is 0 Å². The van der Waals surface area contributed by atoms with Gasteiger partial charge >= 0.3 is 0 Å². The molecule has 0 aromatic carbocycles. The van der Waals surface area contributed by atoms with Gasteiger partial charge in [-0.1, -0.05) is 20.8 Å². The molecule has 17 heavy (non-hydrogen) atoms. The summed E-state index contributed by atoms with van der Waals surface area (Å²) in [4.78, 5) is 4.50. The minimum absolute atomic E-state index is 0.431. The van der Waals surface area contributed by atoms with Crippen molar-refractivity contribution in [1.82, 2.24) is 4.90 Å². The van der Waals surface area contributed by atoms with Crippen molar-refractivity contribution in [3.05, 3.63) is 0 Å². The van der Waals surface area contributed by atoms with E-state index < -0.39 is 0 Å². The highest BCUT2D eigenvalue weighted by atomic mass is 15.3. The van der Waals surface area contributed by atoms with Gasteiger partial charge in [-0.15, -0.1) is 0 Å². The quantitative estimate of drug-likeness (QED) is 0.714. The molecule has 2 nitrogen and oxygen atoms in total. The largest absolute Gasteiger partial charge is 0.329 e. The van der Waals surface area contributed by atoms with E-state index in [2.05, 4.69) is 39.5 Å². The number of hydrogen-bond donors (Lipinski definition) is 1. The summed E-state index contributed by atoms with van der Waals surface area (Å²) in [5.41, 5.74) is 0.431. The molecule has 1 aliphatic rings. The Bertz CT molecular complexity index is 205. The van der Waals surface area contributed by atoms with Crippen LogP contribution in [-0.4, -0.2) is 43.2 Å². The Morgan fingerprint density at radius 2 is 1.76 bits per heavy atom. The van der Waals surface area contributed by atoms with Gasteiger partial charge in [0.25, 0.3) is 0 Å². The standard InChI is InChI=1S/C15H32N2/c1-6-9-16(12-14(2)3)13-15(4,5)17-10-7-8-11-17/h14H,6-13H2,1-5H3/p+1. The van der Waals surface area contributed by atoms with Gasteiger partial charge in [-0.05, 0) is 32.7 Å². The topological polar surface area (TPSA) is 7.68 Å². The van der Waals surface area contributed by atoms with E-state index in [1.165, 1.54) is 52.0 Å². The molecule has 1 saturated heterocycles. The third kappa shape index (κ3) is 4.97. The number of quaternary nitrogens is 1. The Balaban J connectivity index is 2.50. The first kappa shape index (κ1) is 15.0. The van der Waals surface area contributed by atoms with Crippen molar-refractivity contribution in [2.45, 2.75) is 59.4 Å². The molecule has 1 heterocycles. The van der Waals surface area contributed by atoms with Crippen molar-refractivity contribution < 1.29 is 4.90 Å². The molecule has 0 bridgehead atoms. The van der Waals surface area contributed by atoms with E-state index in [0.29, 0.717) is 5.54 Å². The first-order valence-corrected chi connectivity index (χ1v) is 7.53. The monoisotopic (exact) mass is 241 g/mol. The maximum atomic E-state index is 2.68. The van der Waals surface area contributed by atoms with Crippen LogP contribution in [0.4, 0.5) is 0 Å². The molecule has 0 spiro atoms. The molecule has 0 aromatic rings. The minimum Gasteiger partial charge on any atom is -0.329 e. The molecule has 0 aromatic heterocycles. The van der Waals surface area contributed by atoms with Crippen LogP contribution in [0.1, 0.15) is 53.9 Å². The first-order chi connectivity index (χ1) is 7.95. The third-order valence-corrected chi connectivity index (χ3v) is 3.95. The predicted molar refractivity (Wildman–Crippen MR) is 75.6 cm³/mol. The average molecular weight is 241 g/mol. The zero-order chi connectivity index (χ0) is 12.9. The molecular weight excluding hydrogens is 208 g/mol. The summed E-state index contributed by atoms with van der Waals surface area (Å²) < 4.78 is 0. The number of hydrogen-bond acceptors (Lipinski definition) is 1. The van der Waals surface area contributed by atoms with E-state index in [-0.39, 0.29) is 0 Å². The van der Waals surface area contributed by atoms with Gasteiger partial charge in [0.15, 0.2) is 0 Å². The van der Waals surface area contributed by atoms with E-state index in [4.69, 9.17) is 0 Å². The molecule has 1 aliphatic heterocycles. The summed E-state index contributed by atoms with van der Waals surface area (Å²) >= 11 is 0. The molecule has 1 rings (SSSR count). The van der Waals surface area contributed by atoms with Crippen molar-refractivity contribution in [2.24, 2.45) is 5.92 Å². The van der Waals surface area contributed by atoms with Gasteiger partial charge in [-0.2, -0.15) is 0 Å². The Hall–Kier alpha value is -0.0800. The van der Waals surface area contributed by atoms with Crippen molar-refractivity contribution in [2.75, 3.05) is 32.7 Å². The molecule has 1 fully saturated rings. The lowest BCUT2D eigenvalue weighted by molar-refractivity contribution is -0.936. The SMILES string of the molecule is CCCN(CC(C)C)CC(C)(C)[NH+]1CCCC1. The van der Waals surface area contributed by atoms with Crippen LogP contribution in [0.15, 0.2) is 0 Å². The zero-order valence-corrected chi connectivity index (χ0v) is 12.7. The minimum atomic E-state index is 0.431. The van der Waals surface area contributed by atoms with Crippen LogP contribution in [0.3, 0.4) is 0 Å². The average Bonchev–Trinajstić information content (AvgIpc) is 2.69. The van der Waals surface area contributed by atoms with Crippen LogP contribution in [0.2, 0.25) is 0 Å². The highest BCUT2D eigenvalue weighted by Gasteiger charge is 2.34. The summed E-state index contributed by atoms with van der Waals surface area (Å²) in [6, 6.07) is 0. The van der Waals surface area contributed by atoms with Gasteiger partial charge in [0.05, 0.1) is 19.6 Å². The summed E-state index contributed by atoms with van der Waals surface area (Å²) in [5, 5.41) is 0. The Morgan fingerprint density at radius 1 is 1.18 bits per heavy atom. The van der Waals surface area contributed by atoms with E-state index in [1.54, 1.807) is 0 Å². The zero-order valence-electron chi connectivity index (χ0n) is 12.7. The lowest BCUT2D eigenvalue weighted by Gasteiger charge is -2.37. The van der Waals surface area contributed by atoms with Crippen LogP contribution in [0.25, 0.3) is 0 Å². The fraction of sp³-hybridized carbons (Fsp3) is 1.00. The lowest BCUT2D eigenvalue weighted by Crippen LogP contribution is -3.18. The number of likely N-dealkylation sites (tertiary alicyclic amines) is 1. The van der Waals surface area contributed by atoms with E-state index >= 15 is 0 Å². The van der Waals surface area contributed by atoms with Gasteiger partial charge in [0.2, 0.25) is 0 Å². The molecule has 0 saturated carbocycles. The number of rotatable bonds is 7. The van der Waals surface area contributed by atoms with E-state index in [9.17, 15) is 0 Å². The summed E-state index contributed by atoms with van der Waals surface area (Å²) in [7, 11) is 0. The highest BCUT2D eigenvalue weighted by Crippen LogP contribution is 2.08. The fourth-order valence-electron chi connectivity index (χ4n) is 3.22. The second-order valence-electron chi connectivity index (χ2n) is 6.82. The molecule has 0 amide bonds. The van der Waals surface area contributed by atoms with Gasteiger partial charge in [-0.25, -0.2) is 0 Å². The molecule has 0 unspecified atom stereocenters. The Morgan fingerprint density at radius 3 is 2.24 bits per heavy atom. The highest BCUT2D eigenvalue weighted by molar-refractivity contribution is 4.75. The Labute approximate surface area is 108 Å². The maximum absolute atomic E-state index is 2.68. The second kappa shape index (κ2) is 6.75. The van der Waals surface area contributed by atoms with Crippen LogP contribution in [0, 0.1) is 5.92 Å². The van der Waals surface area contributed by atoms with Crippen LogP contribution < -0.4 is 4.90 Å². The van der Waals surface area contributed by atoms with Crippen LogP contribution in [-0.2, 0) is 0 Å². The normalized spacial score (nSPS) is 18.5. The van der Waals surface area contributed by atoms with Crippen LogP contribution >= 0.6 is 0 Å². The van der Waals surface area contributed by atoms with Crippen molar-refractivity contribution >= 4 is 0 Å². The second-order valence-corrected chi connectivity index (χ2v) is 6.82. The molecule has 0 radical (unpaired) electrons. The third-order valence-electron chi connectivity index (χ3n) is 3.95. The van der Waals surface area contributed by atoms with Gasteiger partial charge in [0, 0.05) is 19.4 Å². The summed E-state index contributed by atoms with van der Waals surface area (Å²) in [5.74, 6) is 0.783. The molecule has 0 aliphatic carbocycles. The van der Waals surface area contributed by atoms with Crippen molar-refractivity contribution in [1.29, 1.82) is 0 Å². The fourth-order valence-corrected chi connectivity index (χ4v) is 3.22. The smallest absolute Gasteiger partial charge is 0.105 e. The van der Waals surface area contributed by atoms with E-state index in [1.807, 2.05) is 4.90 Å².